The van der Waals surface area contributed by atoms with Crippen molar-refractivity contribution in [2.45, 2.75) is 26.5 Å². The van der Waals surface area contributed by atoms with Gasteiger partial charge in [0.25, 0.3) is 5.56 Å². The molecule has 2 heterocycles. The van der Waals surface area contributed by atoms with E-state index in [-0.39, 0.29) is 28.1 Å². The third-order valence-corrected chi connectivity index (χ3v) is 8.60. The van der Waals surface area contributed by atoms with Gasteiger partial charge in [0, 0.05) is 12.3 Å². The number of thiazole rings is 1. The van der Waals surface area contributed by atoms with E-state index < -0.39 is 22.5 Å². The Bertz CT molecular complexity index is 2120. The molecule has 5 rings (SSSR count). The first-order valence-electron chi connectivity index (χ1n) is 14.3. The standard InChI is InChI=1S/C33H27BrN4O8S/c1-4-44-26-11-10-22(15-27(26)45-5-2)29-23(32(40)43-3)17-36-33-37(29)31(39)28(47-33)14-21-12-24(34)30(25(13-21)38(41)42)46-18-20-8-6-19(16-35)7-9-20/h6-15,17,29H,4-5,18H2,1-3H3/b28-14+/t29-/m1/s1. The SMILES string of the molecule is CCOc1ccc([C@@H]2C(C(=O)OC)=CN=c3s/c(=C/c4cc(Br)c(OCc5ccc(C#N)cc5)c([N+](=O)[O-])c4)c(=O)n32)cc1OCC. The molecular formula is C33H27BrN4O8S. The Kier molecular flexibility index (Phi) is 10.2. The highest BCUT2D eigenvalue weighted by molar-refractivity contribution is 9.10. The highest BCUT2D eigenvalue weighted by Gasteiger charge is 2.31. The molecule has 1 aliphatic rings. The number of hydrogen-bond donors (Lipinski definition) is 0. The fourth-order valence-corrected chi connectivity index (χ4v) is 6.48. The van der Waals surface area contributed by atoms with Gasteiger partial charge in [-0.3, -0.25) is 19.5 Å². The number of benzene rings is 3. The maximum Gasteiger partial charge on any atom is 0.337 e. The van der Waals surface area contributed by atoms with E-state index in [2.05, 4.69) is 20.9 Å². The third-order valence-electron chi connectivity index (χ3n) is 7.02. The van der Waals surface area contributed by atoms with Crippen LogP contribution in [-0.4, -0.2) is 35.8 Å². The lowest BCUT2D eigenvalue weighted by atomic mass is 9.97. The molecule has 3 aromatic carbocycles. The lowest BCUT2D eigenvalue weighted by molar-refractivity contribution is -0.386. The van der Waals surface area contributed by atoms with Gasteiger partial charge in [0.2, 0.25) is 5.75 Å². The second-order valence-electron chi connectivity index (χ2n) is 9.95. The van der Waals surface area contributed by atoms with Gasteiger partial charge in [0.05, 0.1) is 57.5 Å². The smallest absolute Gasteiger partial charge is 0.337 e. The lowest BCUT2D eigenvalue weighted by Gasteiger charge is -2.23. The quantitative estimate of drug-likeness (QED) is 0.119. The number of nitriles is 1. The number of rotatable bonds is 11. The number of fused-ring (bicyclic) bond motifs is 1. The Balaban J connectivity index is 1.57. The second-order valence-corrected chi connectivity index (χ2v) is 11.8. The van der Waals surface area contributed by atoms with Crippen LogP contribution < -0.4 is 29.1 Å². The molecule has 0 radical (unpaired) electrons. The summed E-state index contributed by atoms with van der Waals surface area (Å²) in [6.07, 6.45) is 2.90. The molecule has 0 fully saturated rings. The van der Waals surface area contributed by atoms with Gasteiger partial charge in [-0.05, 0) is 82.9 Å². The molecule has 0 bridgehead atoms. The Labute approximate surface area is 280 Å². The van der Waals surface area contributed by atoms with Gasteiger partial charge in [0.1, 0.15) is 6.61 Å². The number of aromatic nitrogens is 1. The molecule has 0 aliphatic carbocycles. The Morgan fingerprint density at radius 3 is 2.49 bits per heavy atom. The predicted molar refractivity (Wildman–Crippen MR) is 176 cm³/mol. The van der Waals surface area contributed by atoms with E-state index in [0.29, 0.717) is 50.7 Å². The van der Waals surface area contributed by atoms with Crippen molar-refractivity contribution in [3.63, 3.8) is 0 Å². The van der Waals surface area contributed by atoms with Crippen LogP contribution in [-0.2, 0) is 16.1 Å². The molecule has 14 heteroatoms. The average Bonchev–Trinajstić information content (AvgIpc) is 3.38. The van der Waals surface area contributed by atoms with Crippen molar-refractivity contribution in [1.29, 1.82) is 5.26 Å². The number of carbonyl (C=O) groups is 1. The van der Waals surface area contributed by atoms with Crippen LogP contribution in [0.15, 0.2) is 80.6 Å². The average molecular weight is 720 g/mol. The predicted octanol–water partition coefficient (Wildman–Crippen LogP) is 4.94. The minimum absolute atomic E-state index is 0.0151. The molecule has 0 unspecified atom stereocenters. The first kappa shape index (κ1) is 33.1. The van der Waals surface area contributed by atoms with Crippen molar-refractivity contribution in [3.8, 4) is 23.3 Å². The number of hydrogen-bond acceptors (Lipinski definition) is 11. The van der Waals surface area contributed by atoms with Crippen LogP contribution >= 0.6 is 27.3 Å². The highest BCUT2D eigenvalue weighted by atomic mass is 79.9. The molecule has 47 heavy (non-hydrogen) atoms. The first-order valence-corrected chi connectivity index (χ1v) is 15.9. The Hall–Kier alpha value is -5.26. The molecule has 240 valence electrons. The van der Waals surface area contributed by atoms with E-state index in [4.69, 9.17) is 24.2 Å². The van der Waals surface area contributed by atoms with E-state index >= 15 is 0 Å². The summed E-state index contributed by atoms with van der Waals surface area (Å²) >= 11 is 4.46. The largest absolute Gasteiger partial charge is 0.490 e. The van der Waals surface area contributed by atoms with Crippen molar-refractivity contribution < 1.29 is 28.7 Å². The van der Waals surface area contributed by atoms with Crippen LogP contribution in [0.5, 0.6) is 17.2 Å². The third kappa shape index (κ3) is 6.96. The number of nitro benzene ring substituents is 1. The summed E-state index contributed by atoms with van der Waals surface area (Å²) in [5.74, 6) is 0.330. The monoisotopic (exact) mass is 718 g/mol. The van der Waals surface area contributed by atoms with Crippen LogP contribution in [0.1, 0.15) is 42.1 Å². The summed E-state index contributed by atoms with van der Waals surface area (Å²) in [5, 5.41) is 21.1. The fourth-order valence-electron chi connectivity index (χ4n) is 4.93. The topological polar surface area (TPSA) is 155 Å². The molecule has 0 saturated heterocycles. The molecule has 1 atom stereocenters. The van der Waals surface area contributed by atoms with Gasteiger partial charge in [-0.15, -0.1) is 0 Å². The number of methoxy groups -OCH3 is 1. The van der Waals surface area contributed by atoms with Crippen molar-refractivity contribution in [2.24, 2.45) is 4.99 Å². The van der Waals surface area contributed by atoms with Crippen molar-refractivity contribution >= 4 is 45.0 Å². The van der Waals surface area contributed by atoms with E-state index in [0.717, 1.165) is 16.9 Å². The van der Waals surface area contributed by atoms with E-state index in [9.17, 15) is 19.7 Å². The maximum atomic E-state index is 14.0. The van der Waals surface area contributed by atoms with Crippen LogP contribution in [0.2, 0.25) is 0 Å². The van der Waals surface area contributed by atoms with Gasteiger partial charge >= 0.3 is 11.7 Å². The van der Waals surface area contributed by atoms with Gasteiger partial charge < -0.3 is 18.9 Å². The minimum atomic E-state index is -0.894. The number of nitro groups is 1. The molecule has 1 aliphatic heterocycles. The van der Waals surface area contributed by atoms with Crippen molar-refractivity contribution in [1.82, 2.24) is 4.57 Å². The zero-order chi connectivity index (χ0) is 33.7. The summed E-state index contributed by atoms with van der Waals surface area (Å²) in [7, 11) is 1.25. The highest BCUT2D eigenvalue weighted by Crippen LogP contribution is 2.38. The summed E-state index contributed by atoms with van der Waals surface area (Å²) in [4.78, 5) is 43.0. The number of halogens is 1. The molecule has 12 nitrogen and oxygen atoms in total. The molecule has 4 aromatic rings. The molecule has 0 amide bonds. The number of carbonyl (C=O) groups excluding carboxylic acids is 1. The Morgan fingerprint density at radius 2 is 1.83 bits per heavy atom. The summed E-state index contributed by atoms with van der Waals surface area (Å²) in [6, 6.07) is 15.9. The number of ether oxygens (including phenoxy) is 4. The number of nitrogens with zero attached hydrogens (tertiary/aromatic N) is 4. The van der Waals surface area contributed by atoms with Crippen molar-refractivity contribution in [2.75, 3.05) is 20.3 Å². The summed E-state index contributed by atoms with van der Waals surface area (Å²) in [6.45, 7) is 4.50. The van der Waals surface area contributed by atoms with Gasteiger partial charge in [-0.25, -0.2) is 9.79 Å². The Morgan fingerprint density at radius 1 is 1.11 bits per heavy atom. The van der Waals surface area contributed by atoms with Gasteiger partial charge in [-0.2, -0.15) is 5.26 Å². The zero-order valence-corrected chi connectivity index (χ0v) is 27.8. The molecule has 0 spiro atoms. The van der Waals surface area contributed by atoms with E-state index in [1.54, 1.807) is 48.5 Å². The first-order chi connectivity index (χ1) is 22.7. The molecule has 0 N–H and O–H groups in total. The fraction of sp³-hybridized carbons (Fsp3) is 0.212. The van der Waals surface area contributed by atoms with Crippen LogP contribution in [0.3, 0.4) is 0 Å². The molecule has 0 saturated carbocycles. The minimum Gasteiger partial charge on any atom is -0.490 e. The number of esters is 1. The normalized spacial score (nSPS) is 13.9. The summed E-state index contributed by atoms with van der Waals surface area (Å²) < 4.78 is 24.2. The maximum absolute atomic E-state index is 14.0. The van der Waals surface area contributed by atoms with Crippen LogP contribution in [0.4, 0.5) is 5.69 Å². The molecule has 1 aromatic heterocycles. The van der Waals surface area contributed by atoms with E-state index in [1.165, 1.54) is 30.0 Å². The van der Waals surface area contributed by atoms with Crippen molar-refractivity contribution in [3.05, 3.63) is 123 Å². The second kappa shape index (κ2) is 14.4. The molecular weight excluding hydrogens is 692 g/mol. The zero-order valence-electron chi connectivity index (χ0n) is 25.4. The van der Waals surface area contributed by atoms with Gasteiger partial charge in [0.15, 0.2) is 16.3 Å². The summed E-state index contributed by atoms with van der Waals surface area (Å²) in [5.41, 5.74) is 1.51. The van der Waals surface area contributed by atoms with E-state index in [1.807, 2.05) is 19.9 Å². The van der Waals surface area contributed by atoms with Gasteiger partial charge in [-0.1, -0.05) is 29.5 Å². The van der Waals surface area contributed by atoms with Crippen LogP contribution in [0, 0.1) is 21.4 Å². The van der Waals surface area contributed by atoms with Crippen LogP contribution in [0.25, 0.3) is 6.08 Å². The lowest BCUT2D eigenvalue weighted by Crippen LogP contribution is -2.39.